The molecule has 0 radical (unpaired) electrons. The summed E-state index contributed by atoms with van der Waals surface area (Å²) in [4.78, 5) is 2.34. The molecule has 0 amide bonds. The van der Waals surface area contributed by atoms with Gasteiger partial charge < -0.3 is 4.90 Å². The lowest BCUT2D eigenvalue weighted by atomic mass is 10.0. The molecule has 2 aromatic carbocycles. The quantitative estimate of drug-likeness (QED) is 0.684. The summed E-state index contributed by atoms with van der Waals surface area (Å²) in [6.07, 6.45) is 1.31. The van der Waals surface area contributed by atoms with Gasteiger partial charge in [0.05, 0.1) is 10.6 Å². The van der Waals surface area contributed by atoms with E-state index < -0.39 is 21.7 Å². The zero-order valence-electron chi connectivity index (χ0n) is 17.1. The summed E-state index contributed by atoms with van der Waals surface area (Å²) in [7, 11) is -3.96. The number of hydrogen-bond acceptors (Lipinski definition) is 3. The Morgan fingerprint density at radius 3 is 2.24 bits per heavy atom. The third kappa shape index (κ3) is 4.95. The van der Waals surface area contributed by atoms with Crippen molar-refractivity contribution in [2.45, 2.75) is 44.6 Å². The Labute approximate surface area is 172 Å². The highest BCUT2D eigenvalue weighted by Crippen LogP contribution is 2.31. The fourth-order valence-electron chi connectivity index (χ4n) is 3.84. The smallest absolute Gasteiger partial charge is 0.264 e. The number of rotatable bonds is 6. The van der Waals surface area contributed by atoms with Crippen LogP contribution in [0.2, 0.25) is 0 Å². The summed E-state index contributed by atoms with van der Waals surface area (Å²) in [6.45, 7) is 8.50. The maximum absolute atomic E-state index is 14.3. The number of nitrogens with zero attached hydrogens (tertiary/aromatic N) is 2. The monoisotopic (exact) mass is 422 g/mol. The lowest BCUT2D eigenvalue weighted by Gasteiger charge is -2.39. The largest absolute Gasteiger partial charge is 0.303 e. The first-order chi connectivity index (χ1) is 13.7. The average molecular weight is 423 g/mol. The Bertz CT molecular complexity index is 938. The van der Waals surface area contributed by atoms with Crippen molar-refractivity contribution in [3.8, 4) is 0 Å². The second-order valence-electron chi connectivity index (χ2n) is 8.11. The second kappa shape index (κ2) is 8.79. The summed E-state index contributed by atoms with van der Waals surface area (Å²) in [5, 5.41) is 0. The molecular weight excluding hydrogens is 394 g/mol. The summed E-state index contributed by atoms with van der Waals surface area (Å²) in [5.74, 6) is -0.408. The molecule has 0 bridgehead atoms. The van der Waals surface area contributed by atoms with Crippen LogP contribution < -0.4 is 4.31 Å². The highest BCUT2D eigenvalue weighted by molar-refractivity contribution is 7.92. The molecule has 3 rings (SSSR count). The van der Waals surface area contributed by atoms with E-state index in [1.807, 2.05) is 0 Å². The van der Waals surface area contributed by atoms with Crippen molar-refractivity contribution in [2.75, 3.05) is 23.9 Å². The first-order valence-corrected chi connectivity index (χ1v) is 11.4. The fourth-order valence-corrected chi connectivity index (χ4v) is 5.54. The van der Waals surface area contributed by atoms with Gasteiger partial charge in [-0.3, -0.25) is 4.31 Å². The van der Waals surface area contributed by atoms with E-state index in [1.54, 1.807) is 19.1 Å². The molecule has 1 aliphatic rings. The molecule has 0 unspecified atom stereocenters. The lowest BCUT2D eigenvalue weighted by molar-refractivity contribution is 0.194. The Hall–Kier alpha value is -1.99. The molecule has 2 aromatic rings. The Morgan fingerprint density at radius 1 is 1.07 bits per heavy atom. The van der Waals surface area contributed by atoms with E-state index in [0.29, 0.717) is 30.0 Å². The molecule has 0 N–H and O–H groups in total. The van der Waals surface area contributed by atoms with Crippen molar-refractivity contribution in [1.82, 2.24) is 4.90 Å². The molecule has 158 valence electrons. The van der Waals surface area contributed by atoms with Gasteiger partial charge >= 0.3 is 0 Å². The van der Waals surface area contributed by atoms with Crippen molar-refractivity contribution < 1.29 is 17.2 Å². The predicted molar refractivity (Wildman–Crippen MR) is 112 cm³/mol. The van der Waals surface area contributed by atoms with Gasteiger partial charge in [0.1, 0.15) is 11.6 Å². The molecule has 0 aromatic heterocycles. The van der Waals surface area contributed by atoms with Gasteiger partial charge in [0, 0.05) is 25.7 Å². The first-order valence-electron chi connectivity index (χ1n) is 9.97. The summed E-state index contributed by atoms with van der Waals surface area (Å²) in [5.41, 5.74) is 0.763. The fraction of sp³-hybridized carbons (Fsp3) is 0.455. The van der Waals surface area contributed by atoms with Gasteiger partial charge in [-0.2, -0.15) is 0 Å². The third-order valence-electron chi connectivity index (χ3n) is 5.29. The molecule has 7 heteroatoms. The van der Waals surface area contributed by atoms with E-state index in [9.17, 15) is 17.2 Å². The van der Waals surface area contributed by atoms with Crippen molar-refractivity contribution in [1.29, 1.82) is 0 Å². The van der Waals surface area contributed by atoms with Crippen LogP contribution in [0.3, 0.4) is 0 Å². The van der Waals surface area contributed by atoms with Crippen LogP contribution >= 0.6 is 0 Å². The zero-order valence-corrected chi connectivity index (χ0v) is 17.9. The standard InChI is InChI=1S/C22H28F2N2O2S/c1-16(2)15-25-12-10-19(11-13-25)26(20-7-4-17(3)22(24)14-20)29(27,28)21-8-5-18(23)6-9-21/h4-9,14,16,19H,10-13,15H2,1-3H3. The molecule has 4 nitrogen and oxygen atoms in total. The summed E-state index contributed by atoms with van der Waals surface area (Å²) >= 11 is 0. The van der Waals surface area contributed by atoms with E-state index in [0.717, 1.165) is 31.8 Å². The summed E-state index contributed by atoms with van der Waals surface area (Å²) in [6, 6.07) is 9.00. The molecule has 1 fully saturated rings. The molecule has 0 atom stereocenters. The van der Waals surface area contributed by atoms with Crippen LogP contribution in [-0.4, -0.2) is 39.0 Å². The van der Waals surface area contributed by atoms with Gasteiger partial charge in [-0.25, -0.2) is 17.2 Å². The van der Waals surface area contributed by atoms with Crippen LogP contribution in [0.1, 0.15) is 32.3 Å². The van der Waals surface area contributed by atoms with Gasteiger partial charge in [0.2, 0.25) is 0 Å². The van der Waals surface area contributed by atoms with Crippen LogP contribution in [0.4, 0.5) is 14.5 Å². The van der Waals surface area contributed by atoms with Gasteiger partial charge in [-0.15, -0.1) is 0 Å². The number of benzene rings is 2. The maximum atomic E-state index is 14.3. The third-order valence-corrected chi connectivity index (χ3v) is 7.19. The molecule has 0 spiro atoms. The van der Waals surface area contributed by atoms with E-state index in [1.165, 1.54) is 22.5 Å². The van der Waals surface area contributed by atoms with E-state index in [2.05, 4.69) is 18.7 Å². The number of halogens is 2. The van der Waals surface area contributed by atoms with Gasteiger partial charge in [-0.05, 0) is 67.6 Å². The zero-order chi connectivity index (χ0) is 21.2. The topological polar surface area (TPSA) is 40.6 Å². The Kier molecular flexibility index (Phi) is 6.58. The Morgan fingerprint density at radius 2 is 1.69 bits per heavy atom. The number of piperidine rings is 1. The normalized spacial score (nSPS) is 16.3. The van der Waals surface area contributed by atoms with Crippen molar-refractivity contribution in [3.05, 3.63) is 59.7 Å². The average Bonchev–Trinajstić information content (AvgIpc) is 2.66. The van der Waals surface area contributed by atoms with Crippen LogP contribution in [0, 0.1) is 24.5 Å². The van der Waals surface area contributed by atoms with E-state index in [4.69, 9.17) is 0 Å². The summed E-state index contributed by atoms with van der Waals surface area (Å²) < 4.78 is 55.9. The van der Waals surface area contributed by atoms with Gasteiger partial charge in [-0.1, -0.05) is 19.9 Å². The molecule has 1 saturated heterocycles. The number of hydrogen-bond donors (Lipinski definition) is 0. The highest BCUT2D eigenvalue weighted by atomic mass is 32.2. The van der Waals surface area contributed by atoms with Crippen LogP contribution in [0.5, 0.6) is 0 Å². The van der Waals surface area contributed by atoms with E-state index >= 15 is 0 Å². The van der Waals surface area contributed by atoms with Gasteiger partial charge in [0.15, 0.2) is 0 Å². The SMILES string of the molecule is Cc1ccc(N(C2CCN(CC(C)C)CC2)S(=O)(=O)c2ccc(F)cc2)cc1F. The second-order valence-corrected chi connectivity index (χ2v) is 9.93. The van der Waals surface area contributed by atoms with Crippen LogP contribution in [0.15, 0.2) is 47.4 Å². The minimum atomic E-state index is -3.96. The molecule has 0 aliphatic carbocycles. The highest BCUT2D eigenvalue weighted by Gasteiger charge is 2.34. The minimum Gasteiger partial charge on any atom is -0.303 e. The molecule has 0 saturated carbocycles. The molecule has 1 aliphatic heterocycles. The first kappa shape index (κ1) is 21.7. The van der Waals surface area contributed by atoms with E-state index in [-0.39, 0.29) is 10.9 Å². The number of sulfonamides is 1. The predicted octanol–water partition coefficient (Wildman–Crippen LogP) is 4.59. The van der Waals surface area contributed by atoms with Crippen molar-refractivity contribution in [3.63, 3.8) is 0 Å². The molecule has 29 heavy (non-hydrogen) atoms. The minimum absolute atomic E-state index is 0.00416. The van der Waals surface area contributed by atoms with Crippen LogP contribution in [0.25, 0.3) is 0 Å². The number of aryl methyl sites for hydroxylation is 1. The number of likely N-dealkylation sites (tertiary alicyclic amines) is 1. The lowest BCUT2D eigenvalue weighted by Crippen LogP contribution is -2.48. The van der Waals surface area contributed by atoms with Crippen LogP contribution in [-0.2, 0) is 10.0 Å². The Balaban J connectivity index is 1.96. The molecular formula is C22H28F2N2O2S. The van der Waals surface area contributed by atoms with Crippen molar-refractivity contribution in [2.24, 2.45) is 5.92 Å². The number of anilines is 1. The molecule has 1 heterocycles. The van der Waals surface area contributed by atoms with Gasteiger partial charge in [0.25, 0.3) is 10.0 Å². The maximum Gasteiger partial charge on any atom is 0.264 e. The van der Waals surface area contributed by atoms with Crippen molar-refractivity contribution >= 4 is 15.7 Å².